The van der Waals surface area contributed by atoms with Crippen LogP contribution >= 0.6 is 0 Å². The van der Waals surface area contributed by atoms with Gasteiger partial charge < -0.3 is 10.2 Å². The Labute approximate surface area is 113 Å². The standard InChI is InChI=1S/C16H30N2/c1-4-18(5-2)11-7-8-13(3)17-16-12-14-9-6-10-15(14)16/h6,10,13-17H,4-5,7-9,11-12H2,1-3H3. The average molecular weight is 250 g/mol. The molecule has 4 atom stereocenters. The van der Waals surface area contributed by atoms with Crippen molar-refractivity contribution in [1.29, 1.82) is 0 Å². The lowest BCUT2D eigenvalue weighted by molar-refractivity contribution is 0.149. The van der Waals surface area contributed by atoms with Gasteiger partial charge in [0.25, 0.3) is 0 Å². The summed E-state index contributed by atoms with van der Waals surface area (Å²) in [5, 5.41) is 3.83. The summed E-state index contributed by atoms with van der Waals surface area (Å²) in [6, 6.07) is 1.46. The number of allylic oxidation sites excluding steroid dienone is 1. The highest BCUT2D eigenvalue weighted by Crippen LogP contribution is 2.42. The summed E-state index contributed by atoms with van der Waals surface area (Å²) in [6.07, 6.45) is 10.2. The van der Waals surface area contributed by atoms with Crippen LogP contribution in [0.3, 0.4) is 0 Å². The van der Waals surface area contributed by atoms with Crippen molar-refractivity contribution in [3.05, 3.63) is 12.2 Å². The van der Waals surface area contributed by atoms with Crippen molar-refractivity contribution >= 4 is 0 Å². The van der Waals surface area contributed by atoms with Crippen LogP contribution in [0.25, 0.3) is 0 Å². The van der Waals surface area contributed by atoms with Gasteiger partial charge in [0.15, 0.2) is 0 Å². The molecule has 2 aliphatic carbocycles. The van der Waals surface area contributed by atoms with Crippen LogP contribution in [-0.2, 0) is 0 Å². The van der Waals surface area contributed by atoms with Gasteiger partial charge in [-0.3, -0.25) is 0 Å². The van der Waals surface area contributed by atoms with E-state index >= 15 is 0 Å². The van der Waals surface area contributed by atoms with Gasteiger partial charge >= 0.3 is 0 Å². The summed E-state index contributed by atoms with van der Waals surface area (Å²) in [4.78, 5) is 2.52. The molecule has 1 fully saturated rings. The molecule has 1 saturated carbocycles. The van der Waals surface area contributed by atoms with Crippen LogP contribution in [0.2, 0.25) is 0 Å². The van der Waals surface area contributed by atoms with E-state index in [9.17, 15) is 0 Å². The van der Waals surface area contributed by atoms with Crippen molar-refractivity contribution in [3.63, 3.8) is 0 Å². The number of hydrogen-bond donors (Lipinski definition) is 1. The van der Waals surface area contributed by atoms with Gasteiger partial charge in [-0.05, 0) is 64.1 Å². The quantitative estimate of drug-likeness (QED) is 0.666. The van der Waals surface area contributed by atoms with Crippen molar-refractivity contribution < 1.29 is 0 Å². The van der Waals surface area contributed by atoms with Gasteiger partial charge in [0.05, 0.1) is 0 Å². The van der Waals surface area contributed by atoms with Crippen molar-refractivity contribution in [2.45, 2.75) is 58.5 Å². The Kier molecular flexibility index (Phi) is 5.25. The van der Waals surface area contributed by atoms with Gasteiger partial charge in [0, 0.05) is 12.1 Å². The first kappa shape index (κ1) is 14.1. The van der Waals surface area contributed by atoms with Crippen LogP contribution in [0.1, 0.15) is 46.5 Å². The minimum absolute atomic E-state index is 0.681. The zero-order valence-electron chi connectivity index (χ0n) is 12.4. The number of hydrogen-bond acceptors (Lipinski definition) is 2. The smallest absolute Gasteiger partial charge is 0.0138 e. The van der Waals surface area contributed by atoms with Crippen molar-refractivity contribution in [3.8, 4) is 0 Å². The van der Waals surface area contributed by atoms with Crippen LogP contribution in [-0.4, -0.2) is 36.6 Å². The van der Waals surface area contributed by atoms with E-state index in [2.05, 4.69) is 43.1 Å². The Hall–Kier alpha value is -0.340. The lowest BCUT2D eigenvalue weighted by Gasteiger charge is -2.42. The first-order valence-electron chi connectivity index (χ1n) is 7.89. The van der Waals surface area contributed by atoms with Gasteiger partial charge in [-0.25, -0.2) is 0 Å². The second-order valence-electron chi connectivity index (χ2n) is 6.08. The van der Waals surface area contributed by atoms with Gasteiger partial charge in [0.1, 0.15) is 0 Å². The Morgan fingerprint density at radius 3 is 2.78 bits per heavy atom. The molecule has 0 aromatic carbocycles. The molecule has 4 unspecified atom stereocenters. The van der Waals surface area contributed by atoms with E-state index in [1.165, 1.54) is 45.3 Å². The first-order valence-corrected chi connectivity index (χ1v) is 7.89. The highest BCUT2D eigenvalue weighted by molar-refractivity contribution is 5.13. The van der Waals surface area contributed by atoms with Crippen LogP contribution in [0.15, 0.2) is 12.2 Å². The number of nitrogens with one attached hydrogen (secondary N) is 1. The minimum atomic E-state index is 0.681. The zero-order valence-corrected chi connectivity index (χ0v) is 12.4. The number of fused-ring (bicyclic) bond motifs is 1. The molecular formula is C16H30N2. The first-order chi connectivity index (χ1) is 8.74. The molecule has 2 rings (SSSR count). The van der Waals surface area contributed by atoms with Gasteiger partial charge in [-0.15, -0.1) is 0 Å². The Balaban J connectivity index is 1.58. The summed E-state index contributed by atoms with van der Waals surface area (Å²) in [5.41, 5.74) is 0. The van der Waals surface area contributed by atoms with E-state index in [0.717, 1.165) is 17.9 Å². The fraction of sp³-hybridized carbons (Fsp3) is 0.875. The summed E-state index contributed by atoms with van der Waals surface area (Å²) in [7, 11) is 0. The zero-order chi connectivity index (χ0) is 13.0. The molecule has 104 valence electrons. The SMILES string of the molecule is CCN(CC)CCCC(C)NC1CC2CC=CC21. The molecule has 0 spiro atoms. The summed E-state index contributed by atoms with van der Waals surface area (Å²) >= 11 is 0. The molecule has 0 saturated heterocycles. The second-order valence-corrected chi connectivity index (χ2v) is 6.08. The van der Waals surface area contributed by atoms with Gasteiger partial charge in [-0.2, -0.15) is 0 Å². The van der Waals surface area contributed by atoms with E-state index < -0.39 is 0 Å². The predicted octanol–water partition coefficient (Wildman–Crippen LogP) is 3.05. The molecule has 0 bridgehead atoms. The molecule has 2 nitrogen and oxygen atoms in total. The van der Waals surface area contributed by atoms with E-state index in [4.69, 9.17) is 0 Å². The number of rotatable bonds is 8. The van der Waals surface area contributed by atoms with E-state index in [1.807, 2.05) is 0 Å². The lowest BCUT2D eigenvalue weighted by Crippen LogP contribution is -2.51. The third kappa shape index (κ3) is 3.36. The van der Waals surface area contributed by atoms with Crippen LogP contribution in [0.5, 0.6) is 0 Å². The van der Waals surface area contributed by atoms with E-state index in [0.29, 0.717) is 6.04 Å². The molecule has 18 heavy (non-hydrogen) atoms. The molecule has 2 heteroatoms. The van der Waals surface area contributed by atoms with Crippen LogP contribution in [0, 0.1) is 11.8 Å². The molecule has 0 amide bonds. The number of nitrogens with zero attached hydrogens (tertiary/aromatic N) is 1. The Morgan fingerprint density at radius 2 is 2.11 bits per heavy atom. The third-order valence-electron chi connectivity index (χ3n) is 4.87. The molecule has 1 N–H and O–H groups in total. The van der Waals surface area contributed by atoms with E-state index in [1.54, 1.807) is 0 Å². The highest BCUT2D eigenvalue weighted by Gasteiger charge is 2.40. The Morgan fingerprint density at radius 1 is 1.33 bits per heavy atom. The predicted molar refractivity (Wildman–Crippen MR) is 78.8 cm³/mol. The van der Waals surface area contributed by atoms with Crippen molar-refractivity contribution in [2.24, 2.45) is 11.8 Å². The van der Waals surface area contributed by atoms with Crippen LogP contribution < -0.4 is 5.32 Å². The molecule has 0 aromatic heterocycles. The molecular weight excluding hydrogens is 220 g/mol. The molecule has 0 aliphatic heterocycles. The maximum absolute atomic E-state index is 3.83. The van der Waals surface area contributed by atoms with E-state index in [-0.39, 0.29) is 0 Å². The van der Waals surface area contributed by atoms with Gasteiger partial charge in [-0.1, -0.05) is 26.0 Å². The maximum atomic E-state index is 3.83. The molecule has 2 aliphatic rings. The summed E-state index contributed by atoms with van der Waals surface area (Å²) < 4.78 is 0. The summed E-state index contributed by atoms with van der Waals surface area (Å²) in [5.74, 6) is 1.83. The minimum Gasteiger partial charge on any atom is -0.311 e. The second kappa shape index (κ2) is 6.72. The molecule has 0 aromatic rings. The average Bonchev–Trinajstić information content (AvgIpc) is 2.73. The van der Waals surface area contributed by atoms with Gasteiger partial charge in [0.2, 0.25) is 0 Å². The van der Waals surface area contributed by atoms with Crippen molar-refractivity contribution in [1.82, 2.24) is 10.2 Å². The lowest BCUT2D eigenvalue weighted by atomic mass is 9.71. The fourth-order valence-corrected chi connectivity index (χ4v) is 3.52. The van der Waals surface area contributed by atoms with Crippen molar-refractivity contribution in [2.75, 3.05) is 19.6 Å². The monoisotopic (exact) mass is 250 g/mol. The summed E-state index contributed by atoms with van der Waals surface area (Å²) in [6.45, 7) is 10.5. The highest BCUT2D eigenvalue weighted by atomic mass is 15.1. The molecule has 0 heterocycles. The maximum Gasteiger partial charge on any atom is 0.0138 e. The fourth-order valence-electron chi connectivity index (χ4n) is 3.52. The largest absolute Gasteiger partial charge is 0.311 e. The topological polar surface area (TPSA) is 15.3 Å². The van der Waals surface area contributed by atoms with Crippen LogP contribution in [0.4, 0.5) is 0 Å². The normalized spacial score (nSPS) is 31.4. The molecule has 0 radical (unpaired) electrons. The Bertz CT molecular complexity index is 270. The third-order valence-corrected chi connectivity index (χ3v) is 4.87.